The van der Waals surface area contributed by atoms with Gasteiger partial charge in [0.1, 0.15) is 12.0 Å². The molecule has 0 spiro atoms. The Kier molecular flexibility index (Phi) is 5.47. The smallest absolute Gasteiger partial charge is 0.426 e. The Morgan fingerprint density at radius 2 is 1.60 bits per heavy atom. The van der Waals surface area contributed by atoms with E-state index in [0.29, 0.717) is 19.3 Å². The first-order valence-corrected chi connectivity index (χ1v) is 5.92. The minimum atomic E-state index is -5.75. The normalized spacial score (nSPS) is 12.2. The van der Waals surface area contributed by atoms with E-state index < -0.39 is 18.0 Å². The highest BCUT2D eigenvalue weighted by atomic mass is 19.4. The molecule has 0 heterocycles. The topological polar surface area (TPSA) is 26.3 Å². The third-order valence-corrected chi connectivity index (χ3v) is 2.54. The van der Waals surface area contributed by atoms with Crippen LogP contribution in [0.5, 0.6) is 5.75 Å². The molecular weight excluding hydrogens is 283 g/mol. The van der Waals surface area contributed by atoms with Crippen LogP contribution in [-0.4, -0.2) is 18.6 Å². The van der Waals surface area contributed by atoms with Gasteiger partial charge in [0, 0.05) is 6.42 Å². The van der Waals surface area contributed by atoms with Crippen molar-refractivity contribution in [3.05, 3.63) is 29.8 Å². The molecule has 0 fully saturated rings. The highest BCUT2D eigenvalue weighted by Gasteiger charge is 2.61. The fraction of sp³-hybridized carbons (Fsp3) is 0.462. The Labute approximate surface area is 112 Å². The lowest BCUT2D eigenvalue weighted by atomic mass is 10.1. The summed E-state index contributed by atoms with van der Waals surface area (Å²) < 4.78 is 64.7. The van der Waals surface area contributed by atoms with Crippen LogP contribution in [0.15, 0.2) is 24.3 Å². The zero-order valence-electron chi connectivity index (χ0n) is 10.4. The number of hydrogen-bond donors (Lipinski definition) is 0. The van der Waals surface area contributed by atoms with Crippen molar-refractivity contribution in [2.45, 2.75) is 38.0 Å². The lowest BCUT2D eigenvalue weighted by Gasteiger charge is -2.20. The average Bonchev–Trinajstić information content (AvgIpc) is 2.35. The number of aldehydes is 1. The molecule has 1 aromatic carbocycles. The average molecular weight is 296 g/mol. The molecule has 0 saturated carbocycles. The van der Waals surface area contributed by atoms with Crippen LogP contribution in [0.1, 0.15) is 24.8 Å². The van der Waals surface area contributed by atoms with Gasteiger partial charge in [-0.2, -0.15) is 22.0 Å². The van der Waals surface area contributed by atoms with Gasteiger partial charge in [-0.15, -0.1) is 0 Å². The summed E-state index contributed by atoms with van der Waals surface area (Å²) in [5, 5.41) is 0. The van der Waals surface area contributed by atoms with Crippen molar-refractivity contribution < 1.29 is 31.5 Å². The molecule has 0 aliphatic rings. The highest BCUT2D eigenvalue weighted by molar-refractivity contribution is 5.48. The molecule has 1 rings (SSSR count). The van der Waals surface area contributed by atoms with Crippen LogP contribution in [0, 0.1) is 0 Å². The molecule has 0 aromatic heterocycles. The summed E-state index contributed by atoms with van der Waals surface area (Å²) >= 11 is 0. The zero-order chi connectivity index (χ0) is 15.2. The van der Waals surface area contributed by atoms with Gasteiger partial charge >= 0.3 is 12.3 Å². The van der Waals surface area contributed by atoms with E-state index in [-0.39, 0.29) is 0 Å². The minimum Gasteiger partial charge on any atom is -0.426 e. The van der Waals surface area contributed by atoms with Crippen LogP contribution in [0.3, 0.4) is 0 Å². The number of ether oxygens (including phenoxy) is 1. The van der Waals surface area contributed by atoms with E-state index >= 15 is 0 Å². The first kappa shape index (κ1) is 16.4. The van der Waals surface area contributed by atoms with Crippen LogP contribution in [-0.2, 0) is 11.2 Å². The fourth-order valence-corrected chi connectivity index (χ4v) is 1.49. The van der Waals surface area contributed by atoms with Gasteiger partial charge in [0.2, 0.25) is 0 Å². The lowest BCUT2D eigenvalue weighted by Crippen LogP contribution is -2.41. The lowest BCUT2D eigenvalue weighted by molar-refractivity contribution is -0.360. The quantitative estimate of drug-likeness (QED) is 0.429. The molecule has 0 amide bonds. The third-order valence-electron chi connectivity index (χ3n) is 2.54. The van der Waals surface area contributed by atoms with Crippen LogP contribution in [0.25, 0.3) is 0 Å². The van der Waals surface area contributed by atoms with Crippen LogP contribution in [0.2, 0.25) is 0 Å². The summed E-state index contributed by atoms with van der Waals surface area (Å²) in [7, 11) is 0. The second-order valence-corrected chi connectivity index (χ2v) is 4.17. The number of carbonyl (C=O) groups is 1. The van der Waals surface area contributed by atoms with Crippen molar-refractivity contribution >= 4 is 6.29 Å². The summed E-state index contributed by atoms with van der Waals surface area (Å²) in [5.41, 5.74) is 0.776. The molecular formula is C13H13F5O2. The summed E-state index contributed by atoms with van der Waals surface area (Å²) in [6, 6.07) is 4.97. The fourth-order valence-electron chi connectivity index (χ4n) is 1.49. The van der Waals surface area contributed by atoms with Crippen molar-refractivity contribution in [1.82, 2.24) is 0 Å². The van der Waals surface area contributed by atoms with Gasteiger partial charge in [-0.05, 0) is 37.0 Å². The van der Waals surface area contributed by atoms with E-state index in [1.54, 1.807) is 0 Å². The highest BCUT2D eigenvalue weighted by Crippen LogP contribution is 2.37. The molecule has 20 heavy (non-hydrogen) atoms. The van der Waals surface area contributed by atoms with Crippen molar-refractivity contribution in [2.75, 3.05) is 0 Å². The van der Waals surface area contributed by atoms with Crippen molar-refractivity contribution in [1.29, 1.82) is 0 Å². The Morgan fingerprint density at radius 3 is 2.10 bits per heavy atom. The Bertz CT molecular complexity index is 425. The van der Waals surface area contributed by atoms with Gasteiger partial charge in [0.05, 0.1) is 0 Å². The summed E-state index contributed by atoms with van der Waals surface area (Å²) in [5.74, 6) is -0.552. The number of unbranched alkanes of at least 4 members (excludes halogenated alkanes) is 2. The molecule has 0 radical (unpaired) electrons. The number of benzene rings is 1. The number of halogens is 5. The van der Waals surface area contributed by atoms with Gasteiger partial charge in [0.15, 0.2) is 0 Å². The van der Waals surface area contributed by atoms with Gasteiger partial charge < -0.3 is 9.53 Å². The standard InChI is InChI=1S/C13H13F5O2/c14-12(15,16)13(17,18)20-11-7-5-10(6-8-11)4-2-1-3-9-19/h5-9H,1-4H2. The van der Waals surface area contributed by atoms with E-state index in [2.05, 4.69) is 4.74 Å². The number of hydrogen-bond acceptors (Lipinski definition) is 2. The maximum absolute atomic E-state index is 12.6. The molecule has 112 valence electrons. The minimum absolute atomic E-state index is 0.443. The van der Waals surface area contributed by atoms with E-state index in [0.717, 1.165) is 30.4 Å². The molecule has 7 heteroatoms. The first-order chi connectivity index (χ1) is 9.26. The summed E-state index contributed by atoms with van der Waals surface area (Å²) in [6.45, 7) is 0. The molecule has 0 aliphatic carbocycles. The van der Waals surface area contributed by atoms with Crippen molar-refractivity contribution in [3.63, 3.8) is 0 Å². The summed E-state index contributed by atoms with van der Waals surface area (Å²) in [4.78, 5) is 10.1. The van der Waals surface area contributed by atoms with Gasteiger partial charge in [0.25, 0.3) is 0 Å². The molecule has 0 saturated heterocycles. The Morgan fingerprint density at radius 1 is 1.00 bits per heavy atom. The van der Waals surface area contributed by atoms with Gasteiger partial charge in [-0.1, -0.05) is 12.1 Å². The predicted octanol–water partition coefficient (Wildman–Crippen LogP) is 4.13. The van der Waals surface area contributed by atoms with Gasteiger partial charge in [-0.25, -0.2) is 0 Å². The number of alkyl halides is 5. The summed E-state index contributed by atoms with van der Waals surface area (Å²) in [6.07, 6.45) is -7.66. The molecule has 0 aliphatic heterocycles. The molecule has 0 N–H and O–H groups in total. The second kappa shape index (κ2) is 6.67. The number of carbonyl (C=O) groups excluding carboxylic acids is 1. The maximum Gasteiger partial charge on any atom is 0.499 e. The molecule has 0 unspecified atom stereocenters. The SMILES string of the molecule is O=CCCCCc1ccc(OC(F)(F)C(F)(F)F)cc1. The Hall–Kier alpha value is -1.66. The first-order valence-electron chi connectivity index (χ1n) is 5.92. The Balaban J connectivity index is 2.56. The largest absolute Gasteiger partial charge is 0.499 e. The number of aryl methyl sites for hydroxylation is 1. The van der Waals surface area contributed by atoms with E-state index in [1.165, 1.54) is 12.1 Å². The van der Waals surface area contributed by atoms with Crippen molar-refractivity contribution in [2.24, 2.45) is 0 Å². The van der Waals surface area contributed by atoms with E-state index in [4.69, 9.17) is 0 Å². The third kappa shape index (κ3) is 4.79. The molecule has 0 bridgehead atoms. The van der Waals surface area contributed by atoms with Crippen LogP contribution >= 0.6 is 0 Å². The molecule has 2 nitrogen and oxygen atoms in total. The zero-order valence-corrected chi connectivity index (χ0v) is 10.4. The van der Waals surface area contributed by atoms with Gasteiger partial charge in [-0.3, -0.25) is 0 Å². The van der Waals surface area contributed by atoms with Crippen LogP contribution < -0.4 is 4.74 Å². The van der Waals surface area contributed by atoms with E-state index in [1.807, 2.05) is 0 Å². The molecule has 1 aromatic rings. The van der Waals surface area contributed by atoms with Crippen molar-refractivity contribution in [3.8, 4) is 5.75 Å². The van der Waals surface area contributed by atoms with Crippen LogP contribution in [0.4, 0.5) is 22.0 Å². The van der Waals surface area contributed by atoms with E-state index in [9.17, 15) is 26.7 Å². The maximum atomic E-state index is 12.6. The monoisotopic (exact) mass is 296 g/mol. The second-order valence-electron chi connectivity index (χ2n) is 4.17. The molecule has 0 atom stereocenters. The predicted molar refractivity (Wildman–Crippen MR) is 61.7 cm³/mol. The number of rotatable bonds is 7.